The van der Waals surface area contributed by atoms with E-state index in [-0.39, 0.29) is 18.4 Å². The molecule has 20 heavy (non-hydrogen) atoms. The van der Waals surface area contributed by atoms with E-state index >= 15 is 0 Å². The first kappa shape index (κ1) is 14.5. The summed E-state index contributed by atoms with van der Waals surface area (Å²) in [5.41, 5.74) is 5.75. The van der Waals surface area contributed by atoms with Crippen LogP contribution >= 0.6 is 0 Å². The molecule has 1 aliphatic rings. The third-order valence-corrected chi connectivity index (χ3v) is 3.57. The zero-order valence-electron chi connectivity index (χ0n) is 11.2. The van der Waals surface area contributed by atoms with Crippen LogP contribution in [0.15, 0.2) is 24.3 Å². The van der Waals surface area contributed by atoms with Gasteiger partial charge in [0.05, 0.1) is 12.5 Å². The Kier molecular flexibility index (Phi) is 4.34. The number of hydrogen-bond acceptors (Lipinski definition) is 3. The summed E-state index contributed by atoms with van der Waals surface area (Å²) in [4.78, 5) is 25.3. The molecule has 0 unspecified atom stereocenters. The molecule has 0 saturated carbocycles. The molecular weight excluding hydrogens is 263 g/mol. The van der Waals surface area contributed by atoms with Crippen LogP contribution in [0.2, 0.25) is 0 Å². The minimum atomic E-state index is -0.429. The molecule has 6 heteroatoms. The van der Waals surface area contributed by atoms with Crippen LogP contribution in [0, 0.1) is 17.7 Å². The number of methoxy groups -OCH3 is 1. The van der Waals surface area contributed by atoms with Crippen molar-refractivity contribution in [3.05, 3.63) is 35.6 Å². The quantitative estimate of drug-likeness (QED) is 0.880. The molecule has 2 rings (SSSR count). The van der Waals surface area contributed by atoms with Crippen molar-refractivity contribution in [3.8, 4) is 0 Å². The highest BCUT2D eigenvalue weighted by atomic mass is 19.1. The molecule has 2 N–H and O–H groups in total. The summed E-state index contributed by atoms with van der Waals surface area (Å²) in [5.74, 6) is -1.55. The molecule has 1 saturated heterocycles. The van der Waals surface area contributed by atoms with Gasteiger partial charge in [-0.2, -0.15) is 0 Å². The number of ether oxygens (including phenoxy) is 1. The monoisotopic (exact) mass is 280 g/mol. The summed E-state index contributed by atoms with van der Waals surface area (Å²) in [6.45, 7) is 1.07. The number of likely N-dealkylation sites (tertiary alicyclic amines) is 1. The summed E-state index contributed by atoms with van der Waals surface area (Å²) in [7, 11) is 1.54. The van der Waals surface area contributed by atoms with Crippen molar-refractivity contribution in [2.24, 2.45) is 17.6 Å². The standard InChI is InChI=1S/C14H17FN2O3/c1-20-8-10-6-17(7-12(10)13(16)18)14(19)9-2-4-11(15)5-3-9/h2-5,10,12H,6-8H2,1H3,(H2,16,18)/t10-,12+/m0/s1. The van der Waals surface area contributed by atoms with E-state index in [9.17, 15) is 14.0 Å². The molecular formula is C14H17FN2O3. The van der Waals surface area contributed by atoms with Gasteiger partial charge in [-0.05, 0) is 24.3 Å². The van der Waals surface area contributed by atoms with E-state index in [1.165, 1.54) is 24.3 Å². The smallest absolute Gasteiger partial charge is 0.253 e. The summed E-state index contributed by atoms with van der Waals surface area (Å²) in [6, 6.07) is 5.34. The lowest BCUT2D eigenvalue weighted by molar-refractivity contribution is -0.122. The third kappa shape index (κ3) is 2.96. The van der Waals surface area contributed by atoms with Gasteiger partial charge in [-0.15, -0.1) is 0 Å². The minimum absolute atomic E-state index is 0.0955. The van der Waals surface area contributed by atoms with Gasteiger partial charge in [-0.1, -0.05) is 0 Å². The van der Waals surface area contributed by atoms with Crippen LogP contribution in [-0.2, 0) is 9.53 Å². The molecule has 1 heterocycles. The van der Waals surface area contributed by atoms with Crippen LogP contribution in [0.4, 0.5) is 4.39 Å². The van der Waals surface area contributed by atoms with Gasteiger partial charge in [0.15, 0.2) is 0 Å². The van der Waals surface area contributed by atoms with Crippen LogP contribution in [0.5, 0.6) is 0 Å². The number of carbonyl (C=O) groups excluding carboxylic acids is 2. The Labute approximate surface area is 116 Å². The average molecular weight is 280 g/mol. The molecule has 0 bridgehead atoms. The highest BCUT2D eigenvalue weighted by Crippen LogP contribution is 2.25. The van der Waals surface area contributed by atoms with E-state index in [0.717, 1.165) is 0 Å². The van der Waals surface area contributed by atoms with Crippen molar-refractivity contribution in [2.75, 3.05) is 26.8 Å². The van der Waals surface area contributed by atoms with Gasteiger partial charge in [-0.25, -0.2) is 4.39 Å². The number of primary amides is 1. The van der Waals surface area contributed by atoms with E-state index < -0.39 is 17.6 Å². The third-order valence-electron chi connectivity index (χ3n) is 3.57. The maximum Gasteiger partial charge on any atom is 0.253 e. The number of carbonyl (C=O) groups is 2. The zero-order chi connectivity index (χ0) is 14.7. The normalized spacial score (nSPS) is 22.0. The molecule has 2 atom stereocenters. The average Bonchev–Trinajstić information content (AvgIpc) is 2.83. The van der Waals surface area contributed by atoms with E-state index in [4.69, 9.17) is 10.5 Å². The zero-order valence-corrected chi connectivity index (χ0v) is 11.2. The lowest BCUT2D eigenvalue weighted by Crippen LogP contribution is -2.32. The Morgan fingerprint density at radius 2 is 2.00 bits per heavy atom. The lowest BCUT2D eigenvalue weighted by atomic mass is 9.96. The van der Waals surface area contributed by atoms with Gasteiger partial charge in [0, 0.05) is 31.7 Å². The van der Waals surface area contributed by atoms with Gasteiger partial charge in [0.2, 0.25) is 5.91 Å². The first-order valence-corrected chi connectivity index (χ1v) is 6.36. The molecule has 1 aromatic rings. The number of nitrogens with zero attached hydrogens (tertiary/aromatic N) is 1. The maximum absolute atomic E-state index is 12.9. The Balaban J connectivity index is 2.11. The summed E-state index contributed by atoms with van der Waals surface area (Å²) >= 11 is 0. The highest BCUT2D eigenvalue weighted by molar-refractivity contribution is 5.95. The fraction of sp³-hybridized carbons (Fsp3) is 0.429. The molecule has 2 amide bonds. The second-order valence-corrected chi connectivity index (χ2v) is 4.94. The number of nitrogens with two attached hydrogens (primary N) is 1. The molecule has 0 aliphatic carbocycles. The second kappa shape index (κ2) is 6.00. The van der Waals surface area contributed by atoms with Gasteiger partial charge in [0.1, 0.15) is 5.82 Å². The van der Waals surface area contributed by atoms with Crippen LogP contribution in [-0.4, -0.2) is 43.5 Å². The Hall–Kier alpha value is -1.95. The number of rotatable bonds is 4. The molecule has 1 fully saturated rings. The van der Waals surface area contributed by atoms with Crippen LogP contribution < -0.4 is 5.73 Å². The first-order chi connectivity index (χ1) is 9.52. The van der Waals surface area contributed by atoms with E-state index in [2.05, 4.69) is 0 Å². The second-order valence-electron chi connectivity index (χ2n) is 4.94. The molecule has 0 spiro atoms. The van der Waals surface area contributed by atoms with Crippen molar-refractivity contribution in [3.63, 3.8) is 0 Å². The van der Waals surface area contributed by atoms with Crippen molar-refractivity contribution in [1.29, 1.82) is 0 Å². The van der Waals surface area contributed by atoms with Crippen LogP contribution in [0.3, 0.4) is 0 Å². The lowest BCUT2D eigenvalue weighted by Gasteiger charge is -2.16. The fourth-order valence-corrected chi connectivity index (χ4v) is 2.52. The summed E-state index contributed by atoms with van der Waals surface area (Å²) in [5, 5.41) is 0. The van der Waals surface area contributed by atoms with Gasteiger partial charge in [-0.3, -0.25) is 9.59 Å². The first-order valence-electron chi connectivity index (χ1n) is 6.36. The van der Waals surface area contributed by atoms with Gasteiger partial charge < -0.3 is 15.4 Å². The maximum atomic E-state index is 12.9. The predicted octanol–water partition coefficient (Wildman–Crippen LogP) is 0.646. The molecule has 1 aliphatic heterocycles. The fourth-order valence-electron chi connectivity index (χ4n) is 2.52. The van der Waals surface area contributed by atoms with Crippen LogP contribution in [0.25, 0.3) is 0 Å². The molecule has 0 radical (unpaired) electrons. The summed E-state index contributed by atoms with van der Waals surface area (Å²) in [6.07, 6.45) is 0. The number of amides is 2. The molecule has 1 aromatic carbocycles. The van der Waals surface area contributed by atoms with Crippen molar-refractivity contribution in [1.82, 2.24) is 4.90 Å². The number of halogens is 1. The van der Waals surface area contributed by atoms with Crippen molar-refractivity contribution >= 4 is 11.8 Å². The Bertz CT molecular complexity index is 504. The Morgan fingerprint density at radius 1 is 1.35 bits per heavy atom. The molecule has 108 valence electrons. The van der Waals surface area contributed by atoms with Gasteiger partial charge in [0.25, 0.3) is 5.91 Å². The molecule has 0 aromatic heterocycles. The van der Waals surface area contributed by atoms with E-state index in [1.807, 2.05) is 0 Å². The van der Waals surface area contributed by atoms with Crippen LogP contribution in [0.1, 0.15) is 10.4 Å². The summed E-state index contributed by atoms with van der Waals surface area (Å²) < 4.78 is 17.9. The number of hydrogen-bond donors (Lipinski definition) is 1. The highest BCUT2D eigenvalue weighted by Gasteiger charge is 2.38. The number of benzene rings is 1. The SMILES string of the molecule is COC[C@@H]1CN(C(=O)c2ccc(F)cc2)C[C@H]1C(N)=O. The van der Waals surface area contributed by atoms with E-state index in [0.29, 0.717) is 18.7 Å². The van der Waals surface area contributed by atoms with Gasteiger partial charge >= 0.3 is 0 Å². The topological polar surface area (TPSA) is 72.6 Å². The van der Waals surface area contributed by atoms with Crippen molar-refractivity contribution in [2.45, 2.75) is 0 Å². The molecule has 5 nitrogen and oxygen atoms in total. The largest absolute Gasteiger partial charge is 0.384 e. The Morgan fingerprint density at radius 3 is 2.55 bits per heavy atom. The van der Waals surface area contributed by atoms with Crippen molar-refractivity contribution < 1.29 is 18.7 Å². The minimum Gasteiger partial charge on any atom is -0.384 e. The van der Waals surface area contributed by atoms with E-state index in [1.54, 1.807) is 12.0 Å². The predicted molar refractivity (Wildman–Crippen MR) is 70.4 cm³/mol.